The number of aryl methyl sites for hydroxylation is 1. The van der Waals surface area contributed by atoms with Gasteiger partial charge in [-0.2, -0.15) is 0 Å². The molecule has 3 nitrogen and oxygen atoms in total. The van der Waals surface area contributed by atoms with Gasteiger partial charge in [-0.15, -0.1) is 0 Å². The van der Waals surface area contributed by atoms with Crippen LogP contribution < -0.4 is 5.32 Å². The number of halogens is 1. The van der Waals surface area contributed by atoms with Gasteiger partial charge >= 0.3 is 0 Å². The minimum absolute atomic E-state index is 0.661. The van der Waals surface area contributed by atoms with Gasteiger partial charge in [0.25, 0.3) is 0 Å². The molecule has 0 unspecified atom stereocenters. The quantitative estimate of drug-likeness (QED) is 0.866. The van der Waals surface area contributed by atoms with Crippen molar-refractivity contribution in [2.75, 3.05) is 6.54 Å². The number of nitrogens with zero attached hydrogens (tertiary/aromatic N) is 2. The molecule has 1 heterocycles. The number of hydrogen-bond donors (Lipinski definition) is 1. The number of aromatic nitrogens is 2. The largest absolute Gasteiger partial charge is 0.312 e. The Morgan fingerprint density at radius 1 is 1.35 bits per heavy atom. The second-order valence-corrected chi connectivity index (χ2v) is 6.28. The zero-order valence-electron chi connectivity index (χ0n) is 12.4. The van der Waals surface area contributed by atoms with E-state index in [2.05, 4.69) is 69.8 Å². The highest BCUT2D eigenvalue weighted by Gasteiger charge is 2.09. The zero-order valence-corrected chi connectivity index (χ0v) is 13.9. The number of rotatable bonds is 6. The molecule has 0 saturated heterocycles. The second-order valence-electron chi connectivity index (χ2n) is 5.36. The molecule has 4 heteroatoms. The molecule has 0 atom stereocenters. The fraction of sp³-hybridized carbons (Fsp3) is 0.438. The average Bonchev–Trinajstić information content (AvgIpc) is 2.88. The summed E-state index contributed by atoms with van der Waals surface area (Å²) in [6.07, 6.45) is 4.83. The molecule has 1 aromatic heterocycles. The van der Waals surface area contributed by atoms with Crippen LogP contribution in [0.5, 0.6) is 0 Å². The smallest absolute Gasteiger partial charge is 0.112 e. The van der Waals surface area contributed by atoms with Gasteiger partial charge < -0.3 is 9.88 Å². The van der Waals surface area contributed by atoms with Gasteiger partial charge in [0.15, 0.2) is 0 Å². The average molecular weight is 336 g/mol. The van der Waals surface area contributed by atoms with Crippen molar-refractivity contribution >= 4 is 15.9 Å². The Hall–Kier alpha value is -1.13. The lowest BCUT2D eigenvalue weighted by Gasteiger charge is -2.15. The molecule has 20 heavy (non-hydrogen) atoms. The first-order valence-electron chi connectivity index (χ1n) is 7.13. The first-order valence-corrected chi connectivity index (χ1v) is 7.92. The molecule has 0 saturated carbocycles. The monoisotopic (exact) mass is 335 g/mol. The van der Waals surface area contributed by atoms with E-state index in [1.165, 1.54) is 11.3 Å². The van der Waals surface area contributed by atoms with Crippen molar-refractivity contribution in [2.45, 2.75) is 33.7 Å². The van der Waals surface area contributed by atoms with Gasteiger partial charge in [-0.05, 0) is 30.2 Å². The van der Waals surface area contributed by atoms with E-state index < -0.39 is 0 Å². The van der Waals surface area contributed by atoms with Crippen LogP contribution in [0.15, 0.2) is 35.1 Å². The highest BCUT2D eigenvalue weighted by Crippen LogP contribution is 2.22. The van der Waals surface area contributed by atoms with Crippen molar-refractivity contribution in [1.82, 2.24) is 14.9 Å². The van der Waals surface area contributed by atoms with E-state index in [0.717, 1.165) is 29.8 Å². The van der Waals surface area contributed by atoms with Crippen molar-refractivity contribution in [2.24, 2.45) is 5.92 Å². The molecule has 0 aliphatic carbocycles. The Morgan fingerprint density at radius 2 is 2.15 bits per heavy atom. The summed E-state index contributed by atoms with van der Waals surface area (Å²) in [5.74, 6) is 1.75. The zero-order chi connectivity index (χ0) is 14.5. The Morgan fingerprint density at radius 3 is 2.85 bits per heavy atom. The SMILES string of the molecule is CCc1nccn1-c1cc(Br)ccc1CNCC(C)C. The molecule has 0 spiro atoms. The Balaban J connectivity index is 2.28. The summed E-state index contributed by atoms with van der Waals surface area (Å²) in [5.41, 5.74) is 2.49. The lowest BCUT2D eigenvalue weighted by atomic mass is 10.1. The van der Waals surface area contributed by atoms with Crippen molar-refractivity contribution in [3.05, 3.63) is 46.5 Å². The number of hydrogen-bond acceptors (Lipinski definition) is 2. The van der Waals surface area contributed by atoms with Gasteiger partial charge in [0, 0.05) is 29.8 Å². The maximum Gasteiger partial charge on any atom is 0.112 e. The molecule has 2 rings (SSSR count). The van der Waals surface area contributed by atoms with Gasteiger partial charge in [0.2, 0.25) is 0 Å². The highest BCUT2D eigenvalue weighted by atomic mass is 79.9. The van der Waals surface area contributed by atoms with Gasteiger partial charge in [0.05, 0.1) is 5.69 Å². The van der Waals surface area contributed by atoms with Crippen molar-refractivity contribution in [3.8, 4) is 5.69 Å². The number of benzene rings is 1. The van der Waals surface area contributed by atoms with Crippen molar-refractivity contribution in [3.63, 3.8) is 0 Å². The summed E-state index contributed by atoms with van der Waals surface area (Å²) in [5, 5.41) is 3.51. The normalized spacial score (nSPS) is 11.2. The lowest BCUT2D eigenvalue weighted by Crippen LogP contribution is -2.20. The fourth-order valence-corrected chi connectivity index (χ4v) is 2.57. The molecule has 108 valence electrons. The maximum absolute atomic E-state index is 4.42. The summed E-state index contributed by atoms with van der Waals surface area (Å²) in [4.78, 5) is 4.42. The predicted octanol–water partition coefficient (Wildman–Crippen LogP) is 3.94. The topological polar surface area (TPSA) is 29.9 Å². The molecule has 1 aromatic carbocycles. The number of imidazole rings is 1. The predicted molar refractivity (Wildman–Crippen MR) is 87.2 cm³/mol. The molecule has 0 radical (unpaired) electrons. The van der Waals surface area contributed by atoms with Crippen LogP contribution in [-0.4, -0.2) is 16.1 Å². The molecular formula is C16H22BrN3. The third-order valence-corrected chi connectivity index (χ3v) is 3.70. The Labute approximate surface area is 129 Å². The van der Waals surface area contributed by atoms with Crippen LogP contribution >= 0.6 is 15.9 Å². The highest BCUT2D eigenvalue weighted by molar-refractivity contribution is 9.10. The van der Waals surface area contributed by atoms with Gasteiger partial charge in [-0.3, -0.25) is 0 Å². The molecular weight excluding hydrogens is 314 g/mol. The molecule has 2 aromatic rings. The van der Waals surface area contributed by atoms with Crippen LogP contribution in [0.3, 0.4) is 0 Å². The van der Waals surface area contributed by atoms with E-state index in [-0.39, 0.29) is 0 Å². The minimum atomic E-state index is 0.661. The molecule has 0 bridgehead atoms. The van der Waals surface area contributed by atoms with E-state index in [0.29, 0.717) is 5.92 Å². The van der Waals surface area contributed by atoms with Gasteiger partial charge in [-0.1, -0.05) is 42.8 Å². The summed E-state index contributed by atoms with van der Waals surface area (Å²) in [6.45, 7) is 8.48. The summed E-state index contributed by atoms with van der Waals surface area (Å²) in [7, 11) is 0. The van der Waals surface area contributed by atoms with Crippen LogP contribution in [-0.2, 0) is 13.0 Å². The van der Waals surface area contributed by atoms with Crippen LogP contribution in [0.4, 0.5) is 0 Å². The van der Waals surface area contributed by atoms with E-state index in [1.54, 1.807) is 0 Å². The Kier molecular flexibility index (Phi) is 5.38. The van der Waals surface area contributed by atoms with Crippen LogP contribution in [0.25, 0.3) is 5.69 Å². The van der Waals surface area contributed by atoms with E-state index in [9.17, 15) is 0 Å². The second kappa shape index (κ2) is 7.04. The molecule has 0 aliphatic heterocycles. The summed E-state index contributed by atoms with van der Waals surface area (Å²) in [6, 6.07) is 6.43. The van der Waals surface area contributed by atoms with Crippen molar-refractivity contribution < 1.29 is 0 Å². The first-order chi connectivity index (χ1) is 9.61. The van der Waals surface area contributed by atoms with Gasteiger partial charge in [0.1, 0.15) is 5.82 Å². The first kappa shape index (κ1) is 15.3. The minimum Gasteiger partial charge on any atom is -0.312 e. The summed E-state index contributed by atoms with van der Waals surface area (Å²) < 4.78 is 3.27. The van der Waals surface area contributed by atoms with E-state index in [4.69, 9.17) is 0 Å². The summed E-state index contributed by atoms with van der Waals surface area (Å²) >= 11 is 3.57. The van der Waals surface area contributed by atoms with Crippen LogP contribution in [0, 0.1) is 5.92 Å². The van der Waals surface area contributed by atoms with Gasteiger partial charge in [-0.25, -0.2) is 4.98 Å². The molecule has 0 aliphatic rings. The van der Waals surface area contributed by atoms with E-state index in [1.807, 2.05) is 12.4 Å². The van der Waals surface area contributed by atoms with Crippen LogP contribution in [0.2, 0.25) is 0 Å². The lowest BCUT2D eigenvalue weighted by molar-refractivity contribution is 0.551. The third kappa shape index (κ3) is 3.70. The third-order valence-electron chi connectivity index (χ3n) is 3.21. The molecule has 0 amide bonds. The fourth-order valence-electron chi connectivity index (χ4n) is 2.22. The maximum atomic E-state index is 4.42. The molecule has 0 fully saturated rings. The van der Waals surface area contributed by atoms with Crippen LogP contribution in [0.1, 0.15) is 32.2 Å². The standard InChI is InChI=1S/C16H22BrN3/c1-4-16-19-7-8-20(16)15-9-14(17)6-5-13(15)11-18-10-12(2)3/h5-9,12,18H,4,10-11H2,1-3H3. The van der Waals surface area contributed by atoms with E-state index >= 15 is 0 Å². The number of nitrogens with one attached hydrogen (secondary N) is 1. The Bertz CT molecular complexity index is 561. The van der Waals surface area contributed by atoms with Crippen molar-refractivity contribution in [1.29, 1.82) is 0 Å². The molecule has 1 N–H and O–H groups in total.